The number of aromatic nitrogens is 1. The standard InChI is InChI=1S/C16H25N3O3/c1-4-12(14-9(2)19-22-10(14)3)17-16(20)18-13-7-8-21-15(13)11-5-6-11/h11-13,15H,4-8H2,1-3H3,(H2,17,18,20). The number of carbonyl (C=O) groups excluding carboxylic acids is 1. The molecule has 0 bridgehead atoms. The van der Waals surface area contributed by atoms with Crippen molar-refractivity contribution in [2.24, 2.45) is 5.92 Å². The van der Waals surface area contributed by atoms with Crippen molar-refractivity contribution in [3.63, 3.8) is 0 Å². The fraction of sp³-hybridized carbons (Fsp3) is 0.750. The van der Waals surface area contributed by atoms with Crippen LogP contribution in [0.4, 0.5) is 4.79 Å². The summed E-state index contributed by atoms with van der Waals surface area (Å²) in [5.74, 6) is 1.40. The number of amides is 2. The molecule has 6 nitrogen and oxygen atoms in total. The van der Waals surface area contributed by atoms with E-state index >= 15 is 0 Å². The van der Waals surface area contributed by atoms with Crippen molar-refractivity contribution in [1.82, 2.24) is 15.8 Å². The molecule has 2 N–H and O–H groups in total. The van der Waals surface area contributed by atoms with Gasteiger partial charge in [0.1, 0.15) is 5.76 Å². The summed E-state index contributed by atoms with van der Waals surface area (Å²) in [6.45, 7) is 6.57. The number of hydrogen-bond acceptors (Lipinski definition) is 4. The number of ether oxygens (including phenoxy) is 1. The predicted octanol–water partition coefficient (Wildman–Crippen LogP) is 2.61. The van der Waals surface area contributed by atoms with E-state index in [2.05, 4.69) is 15.8 Å². The molecule has 0 spiro atoms. The van der Waals surface area contributed by atoms with Crippen LogP contribution in [-0.2, 0) is 4.74 Å². The summed E-state index contributed by atoms with van der Waals surface area (Å²) in [6.07, 6.45) is 4.34. The summed E-state index contributed by atoms with van der Waals surface area (Å²) in [5.41, 5.74) is 1.82. The topological polar surface area (TPSA) is 76.4 Å². The molecule has 1 saturated carbocycles. The zero-order chi connectivity index (χ0) is 15.7. The molecule has 2 aliphatic rings. The van der Waals surface area contributed by atoms with E-state index in [9.17, 15) is 4.79 Å². The molecule has 6 heteroatoms. The van der Waals surface area contributed by atoms with Gasteiger partial charge in [-0.3, -0.25) is 0 Å². The average Bonchev–Trinajstić information content (AvgIpc) is 3.15. The van der Waals surface area contributed by atoms with Gasteiger partial charge >= 0.3 is 6.03 Å². The zero-order valence-corrected chi connectivity index (χ0v) is 13.5. The number of aryl methyl sites for hydroxylation is 2. The summed E-state index contributed by atoms with van der Waals surface area (Å²) >= 11 is 0. The number of hydrogen-bond donors (Lipinski definition) is 2. The van der Waals surface area contributed by atoms with Crippen molar-refractivity contribution in [3.8, 4) is 0 Å². The Morgan fingerprint density at radius 2 is 2.14 bits per heavy atom. The van der Waals surface area contributed by atoms with Gasteiger partial charge in [0.2, 0.25) is 0 Å². The first kappa shape index (κ1) is 15.3. The van der Waals surface area contributed by atoms with Crippen molar-refractivity contribution in [3.05, 3.63) is 17.0 Å². The number of carbonyl (C=O) groups is 1. The number of nitrogens with zero attached hydrogens (tertiary/aromatic N) is 1. The minimum absolute atomic E-state index is 0.0760. The molecule has 2 amide bonds. The van der Waals surface area contributed by atoms with E-state index in [0.717, 1.165) is 36.5 Å². The highest BCUT2D eigenvalue weighted by molar-refractivity contribution is 5.75. The Morgan fingerprint density at radius 3 is 2.73 bits per heavy atom. The first-order chi connectivity index (χ1) is 10.6. The van der Waals surface area contributed by atoms with Crippen molar-refractivity contribution in [2.45, 2.75) is 64.6 Å². The molecule has 1 aromatic rings. The van der Waals surface area contributed by atoms with Gasteiger partial charge in [0.05, 0.1) is 23.9 Å². The minimum Gasteiger partial charge on any atom is -0.376 e. The van der Waals surface area contributed by atoms with E-state index in [0.29, 0.717) is 5.92 Å². The molecule has 1 aromatic heterocycles. The molecule has 0 radical (unpaired) electrons. The Kier molecular flexibility index (Phi) is 4.38. The second-order valence-corrected chi connectivity index (χ2v) is 6.38. The van der Waals surface area contributed by atoms with Gasteiger partial charge in [0.25, 0.3) is 0 Å². The van der Waals surface area contributed by atoms with Crippen LogP contribution in [0.5, 0.6) is 0 Å². The van der Waals surface area contributed by atoms with Crippen LogP contribution >= 0.6 is 0 Å². The van der Waals surface area contributed by atoms with E-state index in [4.69, 9.17) is 9.26 Å². The Hall–Kier alpha value is -1.56. The van der Waals surface area contributed by atoms with Gasteiger partial charge in [0.15, 0.2) is 0 Å². The molecule has 122 valence electrons. The van der Waals surface area contributed by atoms with Gasteiger partial charge in [-0.25, -0.2) is 4.79 Å². The first-order valence-electron chi connectivity index (χ1n) is 8.21. The number of urea groups is 1. The molecule has 2 heterocycles. The second kappa shape index (κ2) is 6.28. The highest BCUT2D eigenvalue weighted by atomic mass is 16.5. The largest absolute Gasteiger partial charge is 0.376 e. The molecule has 1 aliphatic carbocycles. The summed E-state index contributed by atoms with van der Waals surface area (Å²) in [5, 5.41) is 10.1. The number of nitrogens with one attached hydrogen (secondary N) is 2. The van der Waals surface area contributed by atoms with E-state index in [1.165, 1.54) is 12.8 Å². The van der Waals surface area contributed by atoms with Gasteiger partial charge in [-0.05, 0) is 45.4 Å². The Bertz CT molecular complexity index is 519. The lowest BCUT2D eigenvalue weighted by Gasteiger charge is -2.22. The zero-order valence-electron chi connectivity index (χ0n) is 13.5. The van der Waals surface area contributed by atoms with Gasteiger partial charge in [0, 0.05) is 12.2 Å². The van der Waals surface area contributed by atoms with Crippen molar-refractivity contribution >= 4 is 6.03 Å². The molecule has 1 aliphatic heterocycles. The van der Waals surface area contributed by atoms with Crippen LogP contribution in [0.25, 0.3) is 0 Å². The maximum Gasteiger partial charge on any atom is 0.315 e. The van der Waals surface area contributed by atoms with Crippen LogP contribution in [0.1, 0.15) is 55.7 Å². The van der Waals surface area contributed by atoms with Gasteiger partial charge in [-0.1, -0.05) is 12.1 Å². The Balaban J connectivity index is 1.60. The lowest BCUT2D eigenvalue weighted by atomic mass is 10.0. The predicted molar refractivity (Wildman–Crippen MR) is 81.5 cm³/mol. The second-order valence-electron chi connectivity index (χ2n) is 6.38. The van der Waals surface area contributed by atoms with E-state index in [1.807, 2.05) is 20.8 Å². The monoisotopic (exact) mass is 307 g/mol. The van der Waals surface area contributed by atoms with Gasteiger partial charge < -0.3 is 19.9 Å². The fourth-order valence-electron chi connectivity index (χ4n) is 3.39. The van der Waals surface area contributed by atoms with E-state index in [1.54, 1.807) is 0 Å². The molecule has 1 saturated heterocycles. The first-order valence-corrected chi connectivity index (χ1v) is 8.21. The molecule has 22 heavy (non-hydrogen) atoms. The Morgan fingerprint density at radius 1 is 1.36 bits per heavy atom. The van der Waals surface area contributed by atoms with Crippen LogP contribution in [0, 0.1) is 19.8 Å². The van der Waals surface area contributed by atoms with Crippen LogP contribution in [-0.4, -0.2) is 29.9 Å². The van der Waals surface area contributed by atoms with Crippen LogP contribution in [0.2, 0.25) is 0 Å². The summed E-state index contributed by atoms with van der Waals surface area (Å²) in [6, 6.07) is -0.0735. The maximum absolute atomic E-state index is 12.3. The van der Waals surface area contributed by atoms with Crippen LogP contribution in [0.15, 0.2) is 4.52 Å². The fourth-order valence-corrected chi connectivity index (χ4v) is 3.39. The summed E-state index contributed by atoms with van der Waals surface area (Å²) < 4.78 is 11.0. The third-order valence-corrected chi connectivity index (χ3v) is 4.69. The molecule has 2 fully saturated rings. The smallest absolute Gasteiger partial charge is 0.315 e. The quantitative estimate of drug-likeness (QED) is 0.876. The van der Waals surface area contributed by atoms with Crippen molar-refractivity contribution in [1.29, 1.82) is 0 Å². The highest BCUT2D eigenvalue weighted by Gasteiger charge is 2.41. The van der Waals surface area contributed by atoms with E-state index in [-0.39, 0.29) is 24.2 Å². The van der Waals surface area contributed by atoms with Gasteiger partial charge in [-0.2, -0.15) is 0 Å². The van der Waals surface area contributed by atoms with Crippen molar-refractivity contribution < 1.29 is 14.1 Å². The van der Waals surface area contributed by atoms with Crippen LogP contribution in [0.3, 0.4) is 0 Å². The van der Waals surface area contributed by atoms with Gasteiger partial charge in [-0.15, -0.1) is 0 Å². The average molecular weight is 307 g/mol. The number of rotatable bonds is 5. The lowest BCUT2D eigenvalue weighted by Crippen LogP contribution is -2.47. The SMILES string of the molecule is CCC(NC(=O)NC1CCOC1C1CC1)c1c(C)noc1C. The minimum atomic E-state index is -0.131. The molecule has 3 unspecified atom stereocenters. The third kappa shape index (κ3) is 3.11. The van der Waals surface area contributed by atoms with Crippen molar-refractivity contribution in [2.75, 3.05) is 6.61 Å². The maximum atomic E-state index is 12.3. The van der Waals surface area contributed by atoms with Crippen LogP contribution < -0.4 is 10.6 Å². The molecular weight excluding hydrogens is 282 g/mol. The third-order valence-electron chi connectivity index (χ3n) is 4.69. The highest BCUT2D eigenvalue weighted by Crippen LogP contribution is 2.38. The Labute approximate surface area is 131 Å². The summed E-state index contributed by atoms with van der Waals surface area (Å²) in [7, 11) is 0. The normalized spacial score (nSPS) is 26.0. The lowest BCUT2D eigenvalue weighted by molar-refractivity contribution is 0.0824. The summed E-state index contributed by atoms with van der Waals surface area (Å²) in [4.78, 5) is 12.3. The molecule has 0 aromatic carbocycles. The molecule has 3 rings (SSSR count). The van der Waals surface area contributed by atoms with E-state index < -0.39 is 0 Å². The molecule has 3 atom stereocenters. The molecular formula is C16H25N3O3.